The average Bonchev–Trinajstić information content (AvgIpc) is 2.89. The Morgan fingerprint density at radius 3 is 2.75 bits per heavy atom. The molecule has 0 saturated carbocycles. The summed E-state index contributed by atoms with van der Waals surface area (Å²) in [5.41, 5.74) is 2.89. The Kier molecular flexibility index (Phi) is 3.93. The molecule has 0 amide bonds. The van der Waals surface area contributed by atoms with Crippen LogP contribution in [0.4, 0.5) is 0 Å². The highest BCUT2D eigenvalue weighted by Gasteiger charge is 2.31. The summed E-state index contributed by atoms with van der Waals surface area (Å²) in [5, 5.41) is 0. The van der Waals surface area contributed by atoms with E-state index in [1.165, 1.54) is 7.11 Å². The number of esters is 1. The number of ketones is 1. The first-order chi connectivity index (χ1) is 9.47. The van der Waals surface area contributed by atoms with Gasteiger partial charge in [0.15, 0.2) is 11.9 Å². The van der Waals surface area contributed by atoms with Gasteiger partial charge in [-0.3, -0.25) is 4.79 Å². The highest BCUT2D eigenvalue weighted by molar-refractivity contribution is 6.08. The number of rotatable bonds is 4. The van der Waals surface area contributed by atoms with Crippen LogP contribution >= 0.6 is 0 Å². The largest absolute Gasteiger partial charge is 0.478 e. The van der Waals surface area contributed by atoms with E-state index in [1.54, 1.807) is 12.1 Å². The molecule has 1 aliphatic heterocycles. The summed E-state index contributed by atoms with van der Waals surface area (Å²) < 4.78 is 10.3. The van der Waals surface area contributed by atoms with Crippen LogP contribution in [0.15, 0.2) is 24.3 Å². The van der Waals surface area contributed by atoms with Crippen LogP contribution in [-0.2, 0) is 16.0 Å². The third kappa shape index (κ3) is 2.46. The molecule has 0 N–H and O–H groups in total. The SMILES string of the molecule is C=C(CC)C(=O)c1cc(C)c2c(c1)CC(C(=O)OC)O2. The molecule has 0 fully saturated rings. The zero-order valence-corrected chi connectivity index (χ0v) is 12.0. The lowest BCUT2D eigenvalue weighted by molar-refractivity contribution is -0.147. The number of Topliss-reactive ketones (excluding diaryl/α,β-unsaturated/α-hetero) is 1. The molecule has 1 aliphatic rings. The number of methoxy groups -OCH3 is 1. The summed E-state index contributed by atoms with van der Waals surface area (Å²) in [6.07, 6.45) is 0.437. The maximum Gasteiger partial charge on any atom is 0.347 e. The van der Waals surface area contributed by atoms with Gasteiger partial charge in [-0.1, -0.05) is 13.5 Å². The topological polar surface area (TPSA) is 52.6 Å². The molecule has 0 saturated heterocycles. The summed E-state index contributed by atoms with van der Waals surface area (Å²) in [7, 11) is 1.34. The molecular weight excluding hydrogens is 256 g/mol. The van der Waals surface area contributed by atoms with Gasteiger partial charge in [0.25, 0.3) is 0 Å². The lowest BCUT2D eigenvalue weighted by atomic mass is 9.97. The Labute approximate surface area is 118 Å². The fraction of sp³-hybridized carbons (Fsp3) is 0.375. The van der Waals surface area contributed by atoms with E-state index in [2.05, 4.69) is 6.58 Å². The molecule has 2 rings (SSSR count). The van der Waals surface area contributed by atoms with Crippen LogP contribution in [0.1, 0.15) is 34.8 Å². The molecule has 0 aliphatic carbocycles. The molecule has 106 valence electrons. The molecular formula is C16H18O4. The average molecular weight is 274 g/mol. The highest BCUT2D eigenvalue weighted by atomic mass is 16.6. The minimum Gasteiger partial charge on any atom is -0.478 e. The van der Waals surface area contributed by atoms with Gasteiger partial charge in [-0.25, -0.2) is 4.79 Å². The van der Waals surface area contributed by atoms with E-state index in [4.69, 9.17) is 9.47 Å². The first-order valence-corrected chi connectivity index (χ1v) is 6.58. The van der Waals surface area contributed by atoms with Crippen LogP contribution in [0.25, 0.3) is 0 Å². The van der Waals surface area contributed by atoms with E-state index in [0.29, 0.717) is 29.7 Å². The van der Waals surface area contributed by atoms with Crippen LogP contribution in [0.5, 0.6) is 5.75 Å². The zero-order valence-electron chi connectivity index (χ0n) is 12.0. The lowest BCUT2D eigenvalue weighted by Crippen LogP contribution is -2.26. The Hall–Kier alpha value is -2.10. The predicted molar refractivity (Wildman–Crippen MR) is 75.1 cm³/mol. The molecule has 1 aromatic carbocycles. The summed E-state index contributed by atoms with van der Waals surface area (Å²) in [5.74, 6) is 0.227. The number of hydrogen-bond acceptors (Lipinski definition) is 4. The number of aryl methyl sites for hydroxylation is 1. The van der Waals surface area contributed by atoms with E-state index >= 15 is 0 Å². The second-order valence-electron chi connectivity index (χ2n) is 4.90. The number of allylic oxidation sites excluding steroid dienone is 1. The normalized spacial score (nSPS) is 16.2. The number of fused-ring (bicyclic) bond motifs is 1. The van der Waals surface area contributed by atoms with Crippen molar-refractivity contribution in [1.29, 1.82) is 0 Å². The van der Waals surface area contributed by atoms with Crippen molar-refractivity contribution in [2.45, 2.75) is 32.8 Å². The molecule has 20 heavy (non-hydrogen) atoms. The van der Waals surface area contributed by atoms with Crippen molar-refractivity contribution in [3.05, 3.63) is 41.0 Å². The minimum absolute atomic E-state index is 0.0556. The molecule has 4 nitrogen and oxygen atoms in total. The zero-order chi connectivity index (χ0) is 14.9. The molecule has 0 bridgehead atoms. The highest BCUT2D eigenvalue weighted by Crippen LogP contribution is 2.34. The number of carbonyl (C=O) groups is 2. The van der Waals surface area contributed by atoms with Gasteiger partial charge in [0.05, 0.1) is 7.11 Å². The van der Waals surface area contributed by atoms with Crippen molar-refractivity contribution in [3.63, 3.8) is 0 Å². The summed E-state index contributed by atoms with van der Waals surface area (Å²) >= 11 is 0. The quantitative estimate of drug-likeness (QED) is 0.481. The Morgan fingerprint density at radius 1 is 1.45 bits per heavy atom. The second kappa shape index (κ2) is 5.49. The van der Waals surface area contributed by atoms with Gasteiger partial charge in [-0.05, 0) is 42.2 Å². The first kappa shape index (κ1) is 14.3. The first-order valence-electron chi connectivity index (χ1n) is 6.58. The maximum atomic E-state index is 12.2. The minimum atomic E-state index is -0.617. The molecule has 4 heteroatoms. The van der Waals surface area contributed by atoms with Crippen LogP contribution in [-0.4, -0.2) is 25.0 Å². The number of ether oxygens (including phenoxy) is 2. The molecule has 1 unspecified atom stereocenters. The van der Waals surface area contributed by atoms with Crippen molar-refractivity contribution in [3.8, 4) is 5.75 Å². The standard InChI is InChI=1S/C16H18O4/c1-5-9(2)14(17)11-6-10(3)15-12(7-11)8-13(20-15)16(18)19-4/h6-7,13H,2,5,8H2,1,3-4H3. The monoisotopic (exact) mass is 274 g/mol. The van der Waals surface area contributed by atoms with Crippen molar-refractivity contribution < 1.29 is 19.1 Å². The molecule has 0 spiro atoms. The van der Waals surface area contributed by atoms with Gasteiger partial charge in [0.1, 0.15) is 5.75 Å². The van der Waals surface area contributed by atoms with E-state index in [-0.39, 0.29) is 5.78 Å². The molecule has 1 atom stereocenters. The van der Waals surface area contributed by atoms with Gasteiger partial charge in [0.2, 0.25) is 0 Å². The molecule has 0 radical (unpaired) electrons. The van der Waals surface area contributed by atoms with Crippen LogP contribution in [0.2, 0.25) is 0 Å². The van der Waals surface area contributed by atoms with Gasteiger partial charge in [-0.2, -0.15) is 0 Å². The molecule has 1 aromatic rings. The van der Waals surface area contributed by atoms with E-state index in [1.807, 2.05) is 13.8 Å². The maximum absolute atomic E-state index is 12.2. The van der Waals surface area contributed by atoms with Gasteiger partial charge < -0.3 is 9.47 Å². The molecule has 1 heterocycles. The van der Waals surface area contributed by atoms with Crippen molar-refractivity contribution in [2.24, 2.45) is 0 Å². The van der Waals surface area contributed by atoms with Gasteiger partial charge in [-0.15, -0.1) is 0 Å². The van der Waals surface area contributed by atoms with Crippen molar-refractivity contribution in [1.82, 2.24) is 0 Å². The van der Waals surface area contributed by atoms with Crippen molar-refractivity contribution >= 4 is 11.8 Å². The summed E-state index contributed by atoms with van der Waals surface area (Å²) in [4.78, 5) is 23.7. The Balaban J connectivity index is 2.33. The third-order valence-corrected chi connectivity index (χ3v) is 3.49. The number of benzene rings is 1. The fourth-order valence-electron chi connectivity index (χ4n) is 2.31. The summed E-state index contributed by atoms with van der Waals surface area (Å²) in [6, 6.07) is 3.57. The molecule has 0 aromatic heterocycles. The van der Waals surface area contributed by atoms with Crippen molar-refractivity contribution in [2.75, 3.05) is 7.11 Å². The van der Waals surface area contributed by atoms with Crippen LogP contribution in [0, 0.1) is 6.92 Å². The van der Waals surface area contributed by atoms with Gasteiger partial charge >= 0.3 is 5.97 Å². The lowest BCUT2D eigenvalue weighted by Gasteiger charge is -2.09. The smallest absolute Gasteiger partial charge is 0.347 e. The van der Waals surface area contributed by atoms with E-state index in [0.717, 1.165) is 11.1 Å². The van der Waals surface area contributed by atoms with E-state index in [9.17, 15) is 9.59 Å². The van der Waals surface area contributed by atoms with Gasteiger partial charge in [0, 0.05) is 12.0 Å². The van der Waals surface area contributed by atoms with Crippen LogP contribution < -0.4 is 4.74 Å². The fourth-order valence-corrected chi connectivity index (χ4v) is 2.31. The van der Waals surface area contributed by atoms with E-state index < -0.39 is 12.1 Å². The Morgan fingerprint density at radius 2 is 2.15 bits per heavy atom. The summed E-state index contributed by atoms with van der Waals surface area (Å²) in [6.45, 7) is 7.54. The third-order valence-electron chi connectivity index (χ3n) is 3.49. The van der Waals surface area contributed by atoms with Crippen LogP contribution in [0.3, 0.4) is 0 Å². The second-order valence-corrected chi connectivity index (χ2v) is 4.90. The predicted octanol–water partition coefficient (Wildman–Crippen LogP) is 2.62. The number of carbonyl (C=O) groups excluding carboxylic acids is 2. The Bertz CT molecular complexity index is 586. The number of hydrogen-bond donors (Lipinski definition) is 0.